The maximum absolute atomic E-state index is 11.4. The van der Waals surface area contributed by atoms with Crippen LogP contribution in [0, 0.1) is 11.3 Å². The zero-order valence-electron chi connectivity index (χ0n) is 11.4. The summed E-state index contributed by atoms with van der Waals surface area (Å²) in [4.78, 5) is 11.4. The van der Waals surface area contributed by atoms with Crippen molar-refractivity contribution in [2.45, 2.75) is 19.6 Å². The van der Waals surface area contributed by atoms with Gasteiger partial charge in [0.25, 0.3) is 0 Å². The van der Waals surface area contributed by atoms with Crippen LogP contribution in [0.25, 0.3) is 0 Å². The Hall–Kier alpha value is -2.06. The fourth-order valence-corrected chi connectivity index (χ4v) is 1.74. The van der Waals surface area contributed by atoms with Crippen LogP contribution in [-0.2, 0) is 4.79 Å². The summed E-state index contributed by atoms with van der Waals surface area (Å²) in [7, 11) is -1.30. The van der Waals surface area contributed by atoms with Gasteiger partial charge in [0.2, 0.25) is 0 Å². The monoisotopic (exact) mass is 275 g/mol. The molecule has 5 heteroatoms. The Morgan fingerprint density at radius 1 is 1.37 bits per heavy atom. The Bertz CT molecular complexity index is 526. The van der Waals surface area contributed by atoms with Gasteiger partial charge in [0, 0.05) is 6.07 Å². The molecule has 0 spiro atoms. The van der Waals surface area contributed by atoms with Gasteiger partial charge in [-0.15, -0.1) is 0 Å². The number of rotatable bonds is 5. The molecule has 0 saturated heterocycles. The number of carbonyl (C=O) groups excluding carboxylic acids is 1. The van der Waals surface area contributed by atoms with Gasteiger partial charge in [-0.25, -0.2) is 4.79 Å². The molecular formula is C14H17NO3Si. The highest BCUT2D eigenvalue weighted by molar-refractivity contribution is 6.76. The van der Waals surface area contributed by atoms with E-state index in [4.69, 9.17) is 14.7 Å². The van der Waals surface area contributed by atoms with Gasteiger partial charge in [-0.2, -0.15) is 5.26 Å². The molecule has 0 radical (unpaired) electrons. The van der Waals surface area contributed by atoms with E-state index in [9.17, 15) is 4.79 Å². The normalized spacial score (nSPS) is 10.4. The lowest BCUT2D eigenvalue weighted by molar-refractivity contribution is -0.129. The molecule has 1 aromatic carbocycles. The first-order valence-electron chi connectivity index (χ1n) is 5.86. The predicted molar refractivity (Wildman–Crippen MR) is 75.7 cm³/mol. The molecule has 0 N–H and O–H groups in total. The molecule has 0 atom stereocenters. The van der Waals surface area contributed by atoms with Crippen molar-refractivity contribution < 1.29 is 14.3 Å². The summed E-state index contributed by atoms with van der Waals surface area (Å²) in [5.74, 6) is 0.245. The average molecular weight is 275 g/mol. The van der Waals surface area contributed by atoms with E-state index in [1.807, 2.05) is 0 Å². The summed E-state index contributed by atoms with van der Waals surface area (Å²) in [6.45, 7) is 9.91. The van der Waals surface area contributed by atoms with E-state index in [-0.39, 0.29) is 5.57 Å². The van der Waals surface area contributed by atoms with Crippen molar-refractivity contribution in [1.82, 2.24) is 0 Å². The third-order valence-corrected chi connectivity index (χ3v) is 3.08. The first-order chi connectivity index (χ1) is 8.81. The van der Waals surface area contributed by atoms with E-state index < -0.39 is 14.0 Å². The molecule has 19 heavy (non-hydrogen) atoms. The van der Waals surface area contributed by atoms with E-state index in [2.05, 4.69) is 26.2 Å². The maximum atomic E-state index is 11.4. The summed E-state index contributed by atoms with van der Waals surface area (Å²) >= 11 is 0. The van der Waals surface area contributed by atoms with Gasteiger partial charge in [0.15, 0.2) is 0 Å². The molecule has 100 valence electrons. The maximum Gasteiger partial charge on any atom is 0.353 e. The molecule has 0 amide bonds. The van der Waals surface area contributed by atoms with Gasteiger partial charge in [0.05, 0.1) is 14.3 Å². The first-order valence-corrected chi connectivity index (χ1v) is 9.56. The molecule has 0 bridgehead atoms. The molecule has 0 aromatic heterocycles. The molecule has 0 saturated carbocycles. The highest BCUT2D eigenvalue weighted by Gasteiger charge is 2.14. The summed E-state index contributed by atoms with van der Waals surface area (Å²) in [6.07, 6.45) is 0.690. The second-order valence-electron chi connectivity index (χ2n) is 5.30. The van der Waals surface area contributed by atoms with Crippen molar-refractivity contribution in [3.8, 4) is 17.6 Å². The van der Waals surface area contributed by atoms with Gasteiger partial charge in [0.1, 0.15) is 23.1 Å². The standard InChI is InChI=1S/C14H17NO3Si/c1-11(9-15)14(16)18-13-7-5-6-12(8-13)17-10-19(2,3)4/h5-8H,1,10H2,2-4H3. The minimum atomic E-state index is -1.30. The topological polar surface area (TPSA) is 59.3 Å². The number of benzene rings is 1. The molecule has 0 aliphatic heterocycles. The fraction of sp³-hybridized carbons (Fsp3) is 0.286. The van der Waals surface area contributed by atoms with Crippen molar-refractivity contribution >= 4 is 14.0 Å². The second kappa shape index (κ2) is 6.21. The van der Waals surface area contributed by atoms with Crippen molar-refractivity contribution in [2.75, 3.05) is 6.23 Å². The molecule has 0 unspecified atom stereocenters. The molecule has 1 aromatic rings. The number of nitrogens with zero attached hydrogens (tertiary/aromatic N) is 1. The number of hydrogen-bond acceptors (Lipinski definition) is 4. The quantitative estimate of drug-likeness (QED) is 0.272. The number of hydrogen-bond donors (Lipinski definition) is 0. The van der Waals surface area contributed by atoms with Crippen LogP contribution < -0.4 is 9.47 Å². The van der Waals surface area contributed by atoms with E-state index in [1.54, 1.807) is 30.3 Å². The lowest BCUT2D eigenvalue weighted by Gasteiger charge is -2.17. The Kier molecular flexibility index (Phi) is 4.90. The molecule has 4 nitrogen and oxygen atoms in total. The van der Waals surface area contributed by atoms with Crippen LogP contribution in [0.15, 0.2) is 36.4 Å². The second-order valence-corrected chi connectivity index (χ2v) is 10.7. The number of carbonyl (C=O) groups is 1. The number of esters is 1. The smallest absolute Gasteiger partial charge is 0.353 e. The van der Waals surface area contributed by atoms with E-state index in [1.165, 1.54) is 0 Å². The minimum absolute atomic E-state index is 0.228. The summed E-state index contributed by atoms with van der Waals surface area (Å²) in [5.41, 5.74) is -0.228. The summed E-state index contributed by atoms with van der Waals surface area (Å²) < 4.78 is 10.7. The molecule has 0 aliphatic rings. The lowest BCUT2D eigenvalue weighted by Crippen LogP contribution is -2.29. The molecular weight excluding hydrogens is 258 g/mol. The fourth-order valence-electron chi connectivity index (χ4n) is 1.14. The van der Waals surface area contributed by atoms with Crippen LogP contribution in [0.5, 0.6) is 11.5 Å². The van der Waals surface area contributed by atoms with Gasteiger partial charge < -0.3 is 9.47 Å². The third-order valence-electron chi connectivity index (χ3n) is 2.07. The van der Waals surface area contributed by atoms with E-state index in [0.717, 1.165) is 0 Å². The summed E-state index contributed by atoms with van der Waals surface area (Å²) in [6, 6.07) is 8.44. The van der Waals surface area contributed by atoms with Crippen LogP contribution in [0.4, 0.5) is 0 Å². The highest BCUT2D eigenvalue weighted by atomic mass is 28.3. The Balaban J connectivity index is 2.70. The summed E-state index contributed by atoms with van der Waals surface area (Å²) in [5, 5.41) is 8.54. The average Bonchev–Trinajstić information content (AvgIpc) is 2.35. The van der Waals surface area contributed by atoms with Crippen molar-refractivity contribution in [2.24, 2.45) is 0 Å². The largest absolute Gasteiger partial charge is 0.497 e. The lowest BCUT2D eigenvalue weighted by atomic mass is 10.3. The van der Waals surface area contributed by atoms with Gasteiger partial charge in [-0.1, -0.05) is 32.3 Å². The number of ether oxygens (including phenoxy) is 2. The third kappa shape index (κ3) is 5.40. The van der Waals surface area contributed by atoms with Crippen LogP contribution >= 0.6 is 0 Å². The Morgan fingerprint density at radius 3 is 2.58 bits per heavy atom. The Morgan fingerprint density at radius 2 is 2.00 bits per heavy atom. The molecule has 1 rings (SSSR count). The molecule has 0 fully saturated rings. The van der Waals surface area contributed by atoms with Crippen LogP contribution in [0.2, 0.25) is 19.6 Å². The van der Waals surface area contributed by atoms with Gasteiger partial charge in [-0.05, 0) is 12.1 Å². The van der Waals surface area contributed by atoms with Crippen molar-refractivity contribution in [3.63, 3.8) is 0 Å². The predicted octanol–water partition coefficient (Wildman–Crippen LogP) is 2.93. The zero-order valence-corrected chi connectivity index (χ0v) is 12.4. The van der Waals surface area contributed by atoms with E-state index >= 15 is 0 Å². The highest BCUT2D eigenvalue weighted by Crippen LogP contribution is 2.21. The van der Waals surface area contributed by atoms with Crippen LogP contribution in [-0.4, -0.2) is 20.3 Å². The van der Waals surface area contributed by atoms with Crippen LogP contribution in [0.1, 0.15) is 0 Å². The van der Waals surface area contributed by atoms with Gasteiger partial charge >= 0.3 is 5.97 Å². The minimum Gasteiger partial charge on any atom is -0.497 e. The number of nitriles is 1. The zero-order chi connectivity index (χ0) is 14.5. The van der Waals surface area contributed by atoms with Crippen LogP contribution in [0.3, 0.4) is 0 Å². The van der Waals surface area contributed by atoms with Crippen molar-refractivity contribution in [1.29, 1.82) is 5.26 Å². The molecule has 0 aliphatic carbocycles. The van der Waals surface area contributed by atoms with Crippen molar-refractivity contribution in [3.05, 3.63) is 36.4 Å². The first kappa shape index (κ1) is 15.0. The SMILES string of the molecule is C=C(C#N)C(=O)Oc1cccc(OC[Si](C)(C)C)c1. The van der Waals surface area contributed by atoms with E-state index in [0.29, 0.717) is 17.7 Å². The Labute approximate surface area is 114 Å². The molecule has 0 heterocycles. The van der Waals surface area contributed by atoms with Gasteiger partial charge in [-0.3, -0.25) is 0 Å².